The summed E-state index contributed by atoms with van der Waals surface area (Å²) in [6, 6.07) is 8.56. The lowest BCUT2D eigenvalue weighted by Gasteiger charge is -2.11. The number of amides is 1. The number of nitro groups is 1. The summed E-state index contributed by atoms with van der Waals surface area (Å²) in [6.07, 6.45) is -4.32. The maximum Gasteiger partial charge on any atom is 0.398 e. The van der Waals surface area contributed by atoms with Crippen LogP contribution in [0, 0.1) is 10.1 Å². The van der Waals surface area contributed by atoms with E-state index in [1.807, 2.05) is 0 Å². The fourth-order valence-corrected chi connectivity index (χ4v) is 3.07. The third-order valence-corrected chi connectivity index (χ3v) is 4.70. The van der Waals surface area contributed by atoms with Crippen LogP contribution in [-0.4, -0.2) is 22.8 Å². The molecule has 0 aliphatic carbocycles. The van der Waals surface area contributed by atoms with E-state index in [0.29, 0.717) is 23.1 Å². The zero-order chi connectivity index (χ0) is 17.0. The van der Waals surface area contributed by atoms with Gasteiger partial charge >= 0.3 is 11.2 Å². The molecule has 1 aromatic carbocycles. The van der Waals surface area contributed by atoms with Crippen molar-refractivity contribution in [3.8, 4) is 0 Å². The summed E-state index contributed by atoms with van der Waals surface area (Å²) >= 11 is 1.25. The van der Waals surface area contributed by atoms with Gasteiger partial charge in [-0.1, -0.05) is 23.5 Å². The molecule has 0 fully saturated rings. The number of benzene rings is 1. The molecule has 0 aliphatic heterocycles. The van der Waals surface area contributed by atoms with Crippen LogP contribution in [-0.2, 0) is 0 Å². The number of nitrogens with one attached hydrogen (secondary N) is 1. The molecule has 0 aliphatic rings. The van der Waals surface area contributed by atoms with Crippen molar-refractivity contribution < 1.29 is 22.9 Å². The van der Waals surface area contributed by atoms with E-state index in [-0.39, 0.29) is 20.5 Å². The second-order valence-electron chi connectivity index (χ2n) is 4.25. The summed E-state index contributed by atoms with van der Waals surface area (Å²) in [7, 11) is 0. The third-order valence-electron chi connectivity index (χ3n) is 2.52. The number of rotatable bonds is 5. The van der Waals surface area contributed by atoms with E-state index in [9.17, 15) is 28.1 Å². The highest BCUT2D eigenvalue weighted by Crippen LogP contribution is 2.33. The number of carbonyl (C=O) groups is 1. The largest absolute Gasteiger partial charge is 0.398 e. The molecule has 122 valence electrons. The van der Waals surface area contributed by atoms with Crippen molar-refractivity contribution in [2.45, 2.75) is 11.1 Å². The van der Waals surface area contributed by atoms with Crippen LogP contribution >= 0.6 is 23.1 Å². The molecule has 2 rings (SSSR count). The molecule has 0 saturated carbocycles. The average molecular weight is 362 g/mol. The minimum atomic E-state index is -4.32. The second kappa shape index (κ2) is 7.01. The van der Waals surface area contributed by atoms with Crippen LogP contribution in [0.3, 0.4) is 0 Å². The van der Waals surface area contributed by atoms with Gasteiger partial charge in [-0.3, -0.25) is 14.9 Å². The number of hydrogen-bond donors (Lipinski definition) is 1. The van der Waals surface area contributed by atoms with Gasteiger partial charge in [0.25, 0.3) is 5.91 Å². The fraction of sp³-hybridized carbons (Fsp3) is 0.154. The highest BCUT2D eigenvalue weighted by molar-refractivity contribution is 7.99. The molecule has 0 saturated heterocycles. The molecule has 23 heavy (non-hydrogen) atoms. The number of nitrogens with zero attached hydrogens (tertiary/aromatic N) is 1. The summed E-state index contributed by atoms with van der Waals surface area (Å²) in [5.74, 6) is -1.69. The Kier molecular flexibility index (Phi) is 5.26. The first-order valence-corrected chi connectivity index (χ1v) is 7.90. The van der Waals surface area contributed by atoms with Gasteiger partial charge < -0.3 is 5.32 Å². The molecule has 5 nitrogen and oxygen atoms in total. The smallest absolute Gasteiger partial charge is 0.320 e. The van der Waals surface area contributed by atoms with Crippen LogP contribution < -0.4 is 5.32 Å². The van der Waals surface area contributed by atoms with E-state index in [1.165, 1.54) is 24.3 Å². The predicted molar refractivity (Wildman–Crippen MR) is 82.1 cm³/mol. The van der Waals surface area contributed by atoms with Gasteiger partial charge in [-0.15, -0.1) is 11.8 Å². The Bertz CT molecular complexity index is 731. The first-order chi connectivity index (χ1) is 10.8. The number of alkyl halides is 3. The second-order valence-corrected chi connectivity index (χ2v) is 6.33. The van der Waals surface area contributed by atoms with E-state index >= 15 is 0 Å². The van der Waals surface area contributed by atoms with Crippen LogP contribution in [0.1, 0.15) is 9.67 Å². The minimum Gasteiger partial charge on any atom is -0.320 e. The van der Waals surface area contributed by atoms with E-state index < -0.39 is 22.8 Å². The standard InChI is InChI=1S/C13H9F3N2O3S2/c14-13(15,16)7-22-9-4-2-1-3-8(9)17-12(19)10-5-6-11(23-10)18(20)21/h1-6H,7H2,(H,17,19). The Hall–Kier alpha value is -2.07. The summed E-state index contributed by atoms with van der Waals surface area (Å²) in [5, 5.41) is 12.9. The van der Waals surface area contributed by atoms with Gasteiger partial charge in [-0.2, -0.15) is 13.2 Å². The van der Waals surface area contributed by atoms with Gasteiger partial charge in [0.05, 0.1) is 21.2 Å². The Morgan fingerprint density at radius 2 is 1.96 bits per heavy atom. The molecule has 0 atom stereocenters. The van der Waals surface area contributed by atoms with Crippen molar-refractivity contribution in [3.63, 3.8) is 0 Å². The lowest BCUT2D eigenvalue weighted by atomic mass is 10.3. The van der Waals surface area contributed by atoms with Crippen LogP contribution in [0.2, 0.25) is 0 Å². The van der Waals surface area contributed by atoms with Gasteiger partial charge in [0.1, 0.15) is 0 Å². The van der Waals surface area contributed by atoms with Crippen LogP contribution in [0.25, 0.3) is 0 Å². The topological polar surface area (TPSA) is 72.2 Å². The predicted octanol–water partition coefficient (Wildman–Crippen LogP) is 4.56. The highest BCUT2D eigenvalue weighted by atomic mass is 32.2. The lowest BCUT2D eigenvalue weighted by Crippen LogP contribution is -2.13. The molecule has 2 aromatic rings. The van der Waals surface area contributed by atoms with Crippen molar-refractivity contribution in [1.82, 2.24) is 0 Å². The molecule has 0 unspecified atom stereocenters. The number of para-hydroxylation sites is 1. The molecule has 1 N–H and O–H groups in total. The SMILES string of the molecule is O=C(Nc1ccccc1SCC(F)(F)F)c1ccc([N+](=O)[O-])s1. The third kappa shape index (κ3) is 4.96. The van der Waals surface area contributed by atoms with Crippen molar-refractivity contribution in [3.05, 3.63) is 51.4 Å². The number of thiophene rings is 1. The van der Waals surface area contributed by atoms with Gasteiger partial charge in [0.2, 0.25) is 0 Å². The summed E-state index contributed by atoms with van der Waals surface area (Å²) in [6.45, 7) is 0. The molecule has 0 radical (unpaired) electrons. The zero-order valence-corrected chi connectivity index (χ0v) is 12.9. The minimum absolute atomic E-state index is 0.104. The van der Waals surface area contributed by atoms with E-state index in [4.69, 9.17) is 0 Å². The molecule has 1 aromatic heterocycles. The van der Waals surface area contributed by atoms with E-state index in [0.717, 1.165) is 0 Å². The Morgan fingerprint density at radius 3 is 2.57 bits per heavy atom. The quantitative estimate of drug-likeness (QED) is 0.481. The highest BCUT2D eigenvalue weighted by Gasteiger charge is 2.27. The first kappa shape index (κ1) is 17.3. The summed E-state index contributed by atoms with van der Waals surface area (Å²) in [5.41, 5.74) is 0.225. The molecule has 0 spiro atoms. The van der Waals surface area contributed by atoms with Gasteiger partial charge in [-0.25, -0.2) is 0 Å². The van der Waals surface area contributed by atoms with Crippen LogP contribution in [0.15, 0.2) is 41.3 Å². The van der Waals surface area contributed by atoms with E-state index in [2.05, 4.69) is 5.32 Å². The van der Waals surface area contributed by atoms with Crippen molar-refractivity contribution >= 4 is 39.7 Å². The number of anilines is 1. The molecule has 1 amide bonds. The Morgan fingerprint density at radius 1 is 1.26 bits per heavy atom. The normalized spacial score (nSPS) is 11.3. The Balaban J connectivity index is 2.12. The number of thioether (sulfide) groups is 1. The number of carbonyl (C=O) groups excluding carboxylic acids is 1. The summed E-state index contributed by atoms with van der Waals surface area (Å²) < 4.78 is 36.9. The van der Waals surface area contributed by atoms with E-state index in [1.54, 1.807) is 12.1 Å². The average Bonchev–Trinajstić information content (AvgIpc) is 2.95. The van der Waals surface area contributed by atoms with Crippen LogP contribution in [0.5, 0.6) is 0 Å². The maximum atomic E-state index is 12.3. The van der Waals surface area contributed by atoms with Crippen LogP contribution in [0.4, 0.5) is 23.9 Å². The van der Waals surface area contributed by atoms with Crippen molar-refractivity contribution in [2.75, 3.05) is 11.1 Å². The lowest BCUT2D eigenvalue weighted by molar-refractivity contribution is -0.380. The monoisotopic (exact) mass is 362 g/mol. The zero-order valence-electron chi connectivity index (χ0n) is 11.3. The van der Waals surface area contributed by atoms with Gasteiger partial charge in [0, 0.05) is 11.0 Å². The fourth-order valence-electron chi connectivity index (χ4n) is 1.59. The maximum absolute atomic E-state index is 12.3. The molecule has 0 bridgehead atoms. The molecule has 1 heterocycles. The summed E-state index contributed by atoms with van der Waals surface area (Å²) in [4.78, 5) is 22.4. The van der Waals surface area contributed by atoms with Crippen molar-refractivity contribution in [1.29, 1.82) is 0 Å². The number of halogens is 3. The first-order valence-electron chi connectivity index (χ1n) is 6.10. The van der Waals surface area contributed by atoms with Gasteiger partial charge in [0.15, 0.2) is 0 Å². The van der Waals surface area contributed by atoms with Crippen molar-refractivity contribution in [2.24, 2.45) is 0 Å². The number of hydrogen-bond acceptors (Lipinski definition) is 5. The molecule has 10 heteroatoms. The Labute approximate surface area is 136 Å². The van der Waals surface area contributed by atoms with Gasteiger partial charge in [-0.05, 0) is 18.2 Å². The molecular formula is C13H9F3N2O3S2. The molecular weight excluding hydrogens is 353 g/mol.